The van der Waals surface area contributed by atoms with Crippen molar-refractivity contribution in [1.82, 2.24) is 4.90 Å². The van der Waals surface area contributed by atoms with Crippen molar-refractivity contribution in [2.24, 2.45) is 0 Å². The third-order valence-corrected chi connectivity index (χ3v) is 12.1. The number of carbonyl (C=O) groups is 3. The largest absolute Gasteiger partial charge is 0.464 e. The number of ether oxygens (including phenoxy) is 1. The van der Waals surface area contributed by atoms with Gasteiger partial charge in [-0.05, 0) is 96.3 Å². The number of rotatable bonds is 48. The van der Waals surface area contributed by atoms with Gasteiger partial charge in [0.1, 0.15) is 6.61 Å². The summed E-state index contributed by atoms with van der Waals surface area (Å²) in [6, 6.07) is 0. The first kappa shape index (κ1) is 58.8. The summed E-state index contributed by atoms with van der Waals surface area (Å²) < 4.78 is 5.55. The Hall–Kier alpha value is -2.17. The van der Waals surface area contributed by atoms with Gasteiger partial charge in [-0.1, -0.05) is 211 Å². The maximum absolute atomic E-state index is 13.3. The summed E-state index contributed by atoms with van der Waals surface area (Å²) in [6.07, 6.45) is 62.7. The van der Waals surface area contributed by atoms with Crippen LogP contribution in [0.15, 0.2) is 36.5 Å². The van der Waals surface area contributed by atoms with Gasteiger partial charge in [0.2, 0.25) is 11.8 Å². The molecule has 0 rings (SSSR count). The lowest BCUT2D eigenvalue weighted by molar-refractivity contribution is -0.151. The van der Waals surface area contributed by atoms with Gasteiger partial charge in [0.05, 0.1) is 6.54 Å². The molecule has 2 amide bonds. The second-order valence-corrected chi connectivity index (χ2v) is 18.2. The molecule has 0 bridgehead atoms. The number of allylic oxidation sites excluding steroid dienone is 6. The van der Waals surface area contributed by atoms with Crippen LogP contribution in [0.4, 0.5) is 0 Å². The summed E-state index contributed by atoms with van der Waals surface area (Å²) in [5, 5.41) is 0. The zero-order chi connectivity index (χ0) is 44.4. The number of esters is 1. The van der Waals surface area contributed by atoms with Crippen LogP contribution >= 0.6 is 0 Å². The quantitative estimate of drug-likeness (QED) is 0.0347. The Morgan fingerprint density at radius 3 is 0.869 bits per heavy atom. The molecule has 0 heterocycles. The predicted octanol–water partition coefficient (Wildman–Crippen LogP) is 18.0. The number of imide groups is 1. The highest BCUT2D eigenvalue weighted by Crippen LogP contribution is 2.15. The van der Waals surface area contributed by atoms with Gasteiger partial charge in [0.25, 0.3) is 0 Å². The second-order valence-electron chi connectivity index (χ2n) is 18.2. The van der Waals surface area contributed by atoms with E-state index in [9.17, 15) is 14.4 Å². The Morgan fingerprint density at radius 2 is 0.574 bits per heavy atom. The average molecular weight is 854 g/mol. The molecule has 0 aromatic rings. The number of unbranched alkanes of at least 4 members (excludes halogenated alkanes) is 33. The van der Waals surface area contributed by atoms with Crippen molar-refractivity contribution in [3.8, 4) is 0 Å². The number of amides is 2. The summed E-state index contributed by atoms with van der Waals surface area (Å²) in [5.74, 6) is -0.431. The lowest BCUT2D eigenvalue weighted by atomic mass is 10.1. The van der Waals surface area contributed by atoms with Crippen LogP contribution in [0.3, 0.4) is 0 Å². The van der Waals surface area contributed by atoms with E-state index in [2.05, 4.69) is 57.2 Å². The van der Waals surface area contributed by atoms with Crippen molar-refractivity contribution >= 4 is 17.8 Å². The molecule has 0 aliphatic heterocycles. The number of hydrogen-bond acceptors (Lipinski definition) is 4. The van der Waals surface area contributed by atoms with E-state index in [-0.39, 0.29) is 30.9 Å². The summed E-state index contributed by atoms with van der Waals surface area (Å²) >= 11 is 0. The third-order valence-electron chi connectivity index (χ3n) is 12.1. The van der Waals surface area contributed by atoms with E-state index in [0.29, 0.717) is 19.3 Å². The van der Waals surface area contributed by atoms with Crippen molar-refractivity contribution in [3.63, 3.8) is 0 Å². The molecule has 0 saturated heterocycles. The number of hydrogen-bond donors (Lipinski definition) is 0. The smallest absolute Gasteiger partial charge is 0.305 e. The van der Waals surface area contributed by atoms with E-state index in [1.807, 2.05) is 0 Å². The van der Waals surface area contributed by atoms with E-state index in [0.717, 1.165) is 77.0 Å². The van der Waals surface area contributed by atoms with Gasteiger partial charge in [0, 0.05) is 19.3 Å². The topological polar surface area (TPSA) is 63.7 Å². The molecule has 5 heteroatoms. The zero-order valence-electron chi connectivity index (χ0n) is 41.2. The van der Waals surface area contributed by atoms with E-state index >= 15 is 0 Å². The molecule has 0 radical (unpaired) electrons. The molecule has 5 nitrogen and oxygen atoms in total. The van der Waals surface area contributed by atoms with E-state index < -0.39 is 0 Å². The monoisotopic (exact) mass is 854 g/mol. The summed E-state index contributed by atoms with van der Waals surface area (Å²) in [5.41, 5.74) is 0. The van der Waals surface area contributed by atoms with Crippen LogP contribution < -0.4 is 0 Å². The van der Waals surface area contributed by atoms with Crippen LogP contribution in [-0.2, 0) is 19.1 Å². The van der Waals surface area contributed by atoms with Gasteiger partial charge in [-0.25, -0.2) is 0 Å². The molecule has 0 aliphatic carbocycles. The van der Waals surface area contributed by atoms with Crippen molar-refractivity contribution < 1.29 is 19.1 Å². The Kier molecular flexibility index (Phi) is 48.7. The first-order chi connectivity index (χ1) is 30.1. The fourth-order valence-corrected chi connectivity index (χ4v) is 8.02. The van der Waals surface area contributed by atoms with Crippen LogP contribution in [0.1, 0.15) is 290 Å². The van der Waals surface area contributed by atoms with Crippen molar-refractivity contribution in [2.45, 2.75) is 290 Å². The minimum Gasteiger partial charge on any atom is -0.464 e. The van der Waals surface area contributed by atoms with Gasteiger partial charge in [-0.2, -0.15) is 0 Å². The molecule has 0 fully saturated rings. The van der Waals surface area contributed by atoms with Gasteiger partial charge < -0.3 is 4.74 Å². The standard InChI is InChI=1S/C56H103NO4/c1-4-7-10-13-16-19-22-25-28-31-34-37-40-43-46-49-54(58)57(55(59)50-47-44-41-38-35-32-29-26-23-20-17-14-11-8-5-2)52-53-61-56(60)51-48-45-42-39-36-33-30-27-24-21-18-15-12-9-6-3/h25-30H,4-24,31-53H2,1-3H3. The Morgan fingerprint density at radius 1 is 0.328 bits per heavy atom. The Labute approximate surface area is 380 Å². The highest BCUT2D eigenvalue weighted by atomic mass is 16.5. The Balaban J connectivity index is 4.41. The Bertz CT molecular complexity index is 980. The van der Waals surface area contributed by atoms with Crippen LogP contribution in [0, 0.1) is 0 Å². The normalized spacial score (nSPS) is 11.8. The minimum absolute atomic E-state index is 0.0974. The fourth-order valence-electron chi connectivity index (χ4n) is 8.02. The van der Waals surface area contributed by atoms with E-state index in [1.54, 1.807) is 0 Å². The minimum atomic E-state index is -0.216. The van der Waals surface area contributed by atoms with E-state index in [1.165, 1.54) is 178 Å². The van der Waals surface area contributed by atoms with Gasteiger partial charge in [-0.15, -0.1) is 0 Å². The molecular weight excluding hydrogens is 751 g/mol. The van der Waals surface area contributed by atoms with E-state index in [4.69, 9.17) is 4.74 Å². The third kappa shape index (κ3) is 45.7. The van der Waals surface area contributed by atoms with Crippen molar-refractivity contribution in [3.05, 3.63) is 36.5 Å². The molecule has 61 heavy (non-hydrogen) atoms. The highest BCUT2D eigenvalue weighted by Gasteiger charge is 2.21. The summed E-state index contributed by atoms with van der Waals surface area (Å²) in [4.78, 5) is 40.6. The maximum atomic E-state index is 13.3. The van der Waals surface area contributed by atoms with Gasteiger partial charge in [-0.3, -0.25) is 19.3 Å². The molecule has 356 valence electrons. The molecule has 0 aliphatic rings. The number of nitrogens with zero attached hydrogens (tertiary/aromatic N) is 1. The molecule has 0 saturated carbocycles. The van der Waals surface area contributed by atoms with Crippen LogP contribution in [-0.4, -0.2) is 35.8 Å². The predicted molar refractivity (Wildman–Crippen MR) is 266 cm³/mol. The lowest BCUT2D eigenvalue weighted by Crippen LogP contribution is -2.39. The summed E-state index contributed by atoms with van der Waals surface area (Å²) in [7, 11) is 0. The maximum Gasteiger partial charge on any atom is 0.305 e. The highest BCUT2D eigenvalue weighted by molar-refractivity contribution is 5.95. The van der Waals surface area contributed by atoms with Gasteiger partial charge in [0.15, 0.2) is 0 Å². The molecule has 0 atom stereocenters. The average Bonchev–Trinajstić information content (AvgIpc) is 3.26. The number of carbonyl (C=O) groups excluding carboxylic acids is 3. The summed E-state index contributed by atoms with van der Waals surface area (Å²) in [6.45, 7) is 7.07. The van der Waals surface area contributed by atoms with Gasteiger partial charge >= 0.3 is 5.97 Å². The lowest BCUT2D eigenvalue weighted by Gasteiger charge is -2.21. The molecule has 0 aromatic heterocycles. The van der Waals surface area contributed by atoms with Crippen molar-refractivity contribution in [2.75, 3.05) is 13.2 Å². The van der Waals surface area contributed by atoms with Crippen LogP contribution in [0.5, 0.6) is 0 Å². The molecule has 0 spiro atoms. The first-order valence-corrected chi connectivity index (χ1v) is 27.0. The first-order valence-electron chi connectivity index (χ1n) is 27.0. The van der Waals surface area contributed by atoms with Crippen LogP contribution in [0.25, 0.3) is 0 Å². The molecule has 0 aromatic carbocycles. The van der Waals surface area contributed by atoms with Crippen molar-refractivity contribution in [1.29, 1.82) is 0 Å². The fraction of sp³-hybridized carbons (Fsp3) is 0.839. The zero-order valence-corrected chi connectivity index (χ0v) is 41.2. The molecular formula is C56H103NO4. The molecule has 0 unspecified atom stereocenters. The van der Waals surface area contributed by atoms with Crippen LogP contribution in [0.2, 0.25) is 0 Å². The second kappa shape index (κ2) is 50.5. The molecule has 0 N–H and O–H groups in total. The SMILES string of the molecule is CCCCCCCCC=CCCCCCCCC(=O)OCCN(C(=O)CCCCCCCC=CCCCCCCCC)C(=O)CCCCCCCC=CCCCCCCCC.